The van der Waals surface area contributed by atoms with Crippen molar-refractivity contribution in [3.63, 3.8) is 0 Å². The summed E-state index contributed by atoms with van der Waals surface area (Å²) >= 11 is -0.544. The lowest BCUT2D eigenvalue weighted by molar-refractivity contribution is 0.226. The molecule has 1 aliphatic heterocycles. The molecule has 9 heavy (non-hydrogen) atoms. The number of hydrogen-bond acceptors (Lipinski definition) is 3. The van der Waals surface area contributed by atoms with E-state index in [2.05, 4.69) is 10.4 Å². The molecule has 1 saturated heterocycles. The van der Waals surface area contributed by atoms with Crippen LogP contribution >= 0.6 is 0 Å². The first-order chi connectivity index (χ1) is 4.33. The summed E-state index contributed by atoms with van der Waals surface area (Å²) < 4.78 is 10.8. The molecule has 54 valence electrons. The molecule has 0 spiro atoms. The van der Waals surface area contributed by atoms with Crippen LogP contribution in [0.4, 0.5) is 0 Å². The van der Waals surface area contributed by atoms with Gasteiger partial charge in [-0.15, -0.1) is 0 Å². The first kappa shape index (κ1) is 7.34. The van der Waals surface area contributed by atoms with Gasteiger partial charge in [0.05, 0.1) is 13.1 Å². The third-order valence-corrected chi connectivity index (χ3v) is 2.77. The van der Waals surface area contributed by atoms with Gasteiger partial charge in [0.1, 0.15) is 11.5 Å². The monoisotopic (exact) mass is 148 g/mol. The molecular formula is C5H12N2OS. The molecule has 3 nitrogen and oxygen atoms in total. The highest BCUT2D eigenvalue weighted by Crippen LogP contribution is 1.99. The highest BCUT2D eigenvalue weighted by molar-refractivity contribution is 7.91. The average Bonchev–Trinajstić information content (AvgIpc) is 1.90. The van der Waals surface area contributed by atoms with Crippen molar-refractivity contribution in [1.82, 2.24) is 10.4 Å². The molecule has 0 radical (unpaired) electrons. The SMILES string of the molecule is CNN1CC[S+]([O-])CC1. The van der Waals surface area contributed by atoms with Crippen LogP contribution in [0.2, 0.25) is 0 Å². The standard InChI is InChI=1S/C5H12N2OS/c1-6-7-2-4-9(8)5-3-7/h6H,2-5H2,1H3. The average molecular weight is 148 g/mol. The minimum atomic E-state index is -0.544. The van der Waals surface area contributed by atoms with E-state index in [1.54, 1.807) is 0 Å². The van der Waals surface area contributed by atoms with Crippen molar-refractivity contribution in [3.8, 4) is 0 Å². The number of rotatable bonds is 1. The van der Waals surface area contributed by atoms with Gasteiger partial charge in [-0.25, -0.2) is 5.01 Å². The fourth-order valence-electron chi connectivity index (χ4n) is 0.861. The number of nitrogens with zero attached hydrogens (tertiary/aromatic N) is 1. The van der Waals surface area contributed by atoms with Gasteiger partial charge in [0, 0.05) is 0 Å². The summed E-state index contributed by atoms with van der Waals surface area (Å²) in [5.74, 6) is 1.64. The van der Waals surface area contributed by atoms with Gasteiger partial charge < -0.3 is 4.55 Å². The predicted molar refractivity (Wildman–Crippen MR) is 38.5 cm³/mol. The minimum absolute atomic E-state index is 0.544. The molecule has 0 aromatic carbocycles. The summed E-state index contributed by atoms with van der Waals surface area (Å²) in [6, 6.07) is 0. The Morgan fingerprint density at radius 3 is 2.44 bits per heavy atom. The van der Waals surface area contributed by atoms with Crippen molar-refractivity contribution in [1.29, 1.82) is 0 Å². The Hall–Kier alpha value is 0.230. The van der Waals surface area contributed by atoms with Crippen LogP contribution < -0.4 is 5.43 Å². The van der Waals surface area contributed by atoms with E-state index in [0.717, 1.165) is 24.6 Å². The number of nitrogens with one attached hydrogen (secondary N) is 1. The van der Waals surface area contributed by atoms with Crippen molar-refractivity contribution in [3.05, 3.63) is 0 Å². The topological polar surface area (TPSA) is 38.3 Å². The Labute approximate surface area is 58.6 Å². The van der Waals surface area contributed by atoms with Crippen LogP contribution in [-0.4, -0.2) is 41.2 Å². The molecule has 0 saturated carbocycles. The Morgan fingerprint density at radius 2 is 2.00 bits per heavy atom. The highest BCUT2D eigenvalue weighted by Gasteiger charge is 2.17. The molecule has 0 atom stereocenters. The summed E-state index contributed by atoms with van der Waals surface area (Å²) in [6.45, 7) is 1.84. The van der Waals surface area contributed by atoms with E-state index < -0.39 is 11.2 Å². The first-order valence-electron chi connectivity index (χ1n) is 3.10. The van der Waals surface area contributed by atoms with Crippen LogP contribution in [0.15, 0.2) is 0 Å². The first-order valence-corrected chi connectivity index (χ1v) is 4.59. The van der Waals surface area contributed by atoms with Gasteiger partial charge in [0.25, 0.3) is 0 Å². The molecule has 1 aliphatic rings. The van der Waals surface area contributed by atoms with E-state index in [1.165, 1.54) is 0 Å². The van der Waals surface area contributed by atoms with Gasteiger partial charge in [-0.3, -0.25) is 5.43 Å². The quantitative estimate of drug-likeness (QED) is 0.494. The fourth-order valence-corrected chi connectivity index (χ4v) is 1.91. The molecular weight excluding hydrogens is 136 g/mol. The second kappa shape index (κ2) is 3.41. The Bertz CT molecular complexity index is 83.0. The smallest absolute Gasteiger partial charge is 0.119 e. The van der Waals surface area contributed by atoms with Crippen LogP contribution in [0.3, 0.4) is 0 Å². The zero-order valence-electron chi connectivity index (χ0n) is 5.59. The molecule has 1 fully saturated rings. The zero-order valence-corrected chi connectivity index (χ0v) is 6.41. The van der Waals surface area contributed by atoms with E-state index in [9.17, 15) is 4.55 Å². The van der Waals surface area contributed by atoms with Gasteiger partial charge in [-0.2, -0.15) is 0 Å². The summed E-state index contributed by atoms with van der Waals surface area (Å²) in [7, 11) is 1.90. The van der Waals surface area contributed by atoms with Crippen molar-refractivity contribution in [2.24, 2.45) is 0 Å². The molecule has 1 rings (SSSR count). The second-order valence-electron chi connectivity index (χ2n) is 2.06. The fraction of sp³-hybridized carbons (Fsp3) is 1.00. The maximum atomic E-state index is 10.8. The van der Waals surface area contributed by atoms with Crippen molar-refractivity contribution >= 4 is 11.2 Å². The summed E-state index contributed by atoms with van der Waals surface area (Å²) in [6.07, 6.45) is 0. The minimum Gasteiger partial charge on any atom is -0.616 e. The molecule has 1 N–H and O–H groups in total. The lowest BCUT2D eigenvalue weighted by Gasteiger charge is -2.26. The molecule has 0 bridgehead atoms. The van der Waals surface area contributed by atoms with E-state index >= 15 is 0 Å². The molecule has 1 heterocycles. The van der Waals surface area contributed by atoms with Gasteiger partial charge >= 0.3 is 0 Å². The van der Waals surface area contributed by atoms with Crippen LogP contribution in [0.1, 0.15) is 0 Å². The largest absolute Gasteiger partial charge is 0.616 e. The van der Waals surface area contributed by atoms with Crippen molar-refractivity contribution < 1.29 is 4.55 Å². The van der Waals surface area contributed by atoms with Crippen molar-refractivity contribution in [2.75, 3.05) is 31.6 Å². The molecule has 4 heteroatoms. The van der Waals surface area contributed by atoms with Crippen LogP contribution in [0.25, 0.3) is 0 Å². The number of hydrazine groups is 1. The van der Waals surface area contributed by atoms with E-state index in [4.69, 9.17) is 0 Å². The molecule has 0 amide bonds. The third kappa shape index (κ3) is 2.14. The molecule has 0 aromatic rings. The van der Waals surface area contributed by atoms with Crippen LogP contribution in [0, 0.1) is 0 Å². The Balaban J connectivity index is 2.18. The molecule has 0 aliphatic carbocycles. The number of hydrogen-bond donors (Lipinski definition) is 1. The Kier molecular flexibility index (Phi) is 2.78. The van der Waals surface area contributed by atoms with E-state index in [0.29, 0.717) is 0 Å². The van der Waals surface area contributed by atoms with Gasteiger partial charge in [-0.1, -0.05) is 11.2 Å². The second-order valence-corrected chi connectivity index (χ2v) is 3.75. The molecule has 0 aromatic heterocycles. The van der Waals surface area contributed by atoms with Gasteiger partial charge in [-0.05, 0) is 7.05 Å². The third-order valence-electron chi connectivity index (χ3n) is 1.49. The van der Waals surface area contributed by atoms with Crippen LogP contribution in [-0.2, 0) is 11.2 Å². The van der Waals surface area contributed by atoms with Crippen LogP contribution in [0.5, 0.6) is 0 Å². The maximum absolute atomic E-state index is 10.8. The Morgan fingerprint density at radius 1 is 1.44 bits per heavy atom. The highest BCUT2D eigenvalue weighted by atomic mass is 32.2. The van der Waals surface area contributed by atoms with Gasteiger partial charge in [0.2, 0.25) is 0 Å². The summed E-state index contributed by atoms with van der Waals surface area (Å²) in [5, 5.41) is 2.08. The predicted octanol–water partition coefficient (Wildman–Crippen LogP) is -0.815. The van der Waals surface area contributed by atoms with Gasteiger partial charge in [0.15, 0.2) is 0 Å². The van der Waals surface area contributed by atoms with E-state index in [1.807, 2.05) is 7.05 Å². The lowest BCUT2D eigenvalue weighted by atomic mass is 10.6. The molecule has 0 unspecified atom stereocenters. The normalized spacial score (nSPS) is 24.7. The zero-order chi connectivity index (χ0) is 6.69. The lowest BCUT2D eigenvalue weighted by Crippen LogP contribution is -2.46. The summed E-state index contributed by atoms with van der Waals surface area (Å²) in [5.41, 5.74) is 3.02. The summed E-state index contributed by atoms with van der Waals surface area (Å²) in [4.78, 5) is 0. The van der Waals surface area contributed by atoms with E-state index in [-0.39, 0.29) is 0 Å². The van der Waals surface area contributed by atoms with Crippen molar-refractivity contribution in [2.45, 2.75) is 0 Å². The maximum Gasteiger partial charge on any atom is 0.119 e.